The number of nitrogens with one attached hydrogen (secondary N) is 1. The van der Waals surface area contributed by atoms with Crippen molar-refractivity contribution in [1.29, 1.82) is 0 Å². The number of carbonyl (C=O) groups is 5. The second-order valence-electron chi connectivity index (χ2n) is 14.3. The minimum atomic E-state index is -0.539. The molecule has 0 spiro atoms. The van der Waals surface area contributed by atoms with Gasteiger partial charge in [0.25, 0.3) is 23.6 Å². The van der Waals surface area contributed by atoms with Crippen molar-refractivity contribution < 1.29 is 24.0 Å². The Morgan fingerprint density at radius 2 is 1.33 bits per heavy atom. The lowest BCUT2D eigenvalue weighted by atomic mass is 9.63. The lowest BCUT2D eigenvalue weighted by Gasteiger charge is -2.46. The number of imide groups is 2. The zero-order chi connectivity index (χ0) is 32.2. The van der Waals surface area contributed by atoms with Crippen LogP contribution in [0.5, 0.6) is 0 Å². The fourth-order valence-electron chi connectivity index (χ4n) is 9.09. The summed E-state index contributed by atoms with van der Waals surface area (Å²) in [6, 6.07) is 8.81. The first kappa shape index (κ1) is 31.3. The summed E-state index contributed by atoms with van der Waals surface area (Å²) in [6.45, 7) is 8.99. The third kappa shape index (κ3) is 5.45. The zero-order valence-corrected chi connectivity index (χ0v) is 26.9. The van der Waals surface area contributed by atoms with Gasteiger partial charge in [0.2, 0.25) is 0 Å². The Balaban J connectivity index is 1.10. The summed E-state index contributed by atoms with van der Waals surface area (Å²) in [7, 11) is 0. The molecule has 2 aliphatic heterocycles. The molecule has 6 unspecified atom stereocenters. The van der Waals surface area contributed by atoms with Crippen molar-refractivity contribution >= 4 is 29.4 Å². The van der Waals surface area contributed by atoms with E-state index >= 15 is 0 Å². The molecule has 4 amide bonds. The lowest BCUT2D eigenvalue weighted by Crippen LogP contribution is -2.50. The van der Waals surface area contributed by atoms with E-state index in [9.17, 15) is 24.0 Å². The van der Waals surface area contributed by atoms with Gasteiger partial charge in [-0.25, -0.2) is 0 Å². The van der Waals surface area contributed by atoms with Crippen molar-refractivity contribution in [3.8, 4) is 0 Å². The van der Waals surface area contributed by atoms with E-state index in [4.69, 9.17) is 5.73 Å². The monoisotopic (exact) mass is 611 g/mol. The van der Waals surface area contributed by atoms with E-state index < -0.39 is 11.8 Å². The van der Waals surface area contributed by atoms with Gasteiger partial charge in [0.15, 0.2) is 5.78 Å². The highest BCUT2D eigenvalue weighted by Crippen LogP contribution is 2.46. The summed E-state index contributed by atoms with van der Waals surface area (Å²) >= 11 is 0. The number of carbonyl (C=O) groups excluding carboxylic acids is 5. The van der Waals surface area contributed by atoms with Gasteiger partial charge in [0, 0.05) is 22.7 Å². The molecule has 238 valence electrons. The molecule has 2 fully saturated rings. The van der Waals surface area contributed by atoms with Crippen LogP contribution in [0.3, 0.4) is 0 Å². The third-order valence-electron chi connectivity index (χ3n) is 11.7. The predicted molar refractivity (Wildman–Crippen MR) is 171 cm³/mol. The fraction of sp³-hybridized carbons (Fsp3) is 0.541. The third-order valence-corrected chi connectivity index (χ3v) is 11.7. The minimum absolute atomic E-state index is 0.0568. The minimum Gasteiger partial charge on any atom is -0.325 e. The second-order valence-corrected chi connectivity index (χ2v) is 14.3. The van der Waals surface area contributed by atoms with Crippen LogP contribution in [0, 0.1) is 29.6 Å². The molecule has 6 rings (SSSR count). The van der Waals surface area contributed by atoms with Crippen molar-refractivity contribution in [2.45, 2.75) is 97.1 Å². The molecule has 0 aromatic heterocycles. The average Bonchev–Trinajstić information content (AvgIpc) is 3.46. The topological polar surface area (TPSA) is 127 Å². The van der Waals surface area contributed by atoms with Crippen LogP contribution in [0.1, 0.15) is 143 Å². The van der Waals surface area contributed by atoms with Crippen LogP contribution >= 0.6 is 0 Å². The Hall–Kier alpha value is -3.65. The Bertz CT molecular complexity index is 1580. The van der Waals surface area contributed by atoms with Crippen molar-refractivity contribution in [3.05, 3.63) is 69.8 Å². The normalized spacial score (nSPS) is 28.2. The largest absolute Gasteiger partial charge is 0.325 e. The van der Waals surface area contributed by atoms with E-state index in [0.29, 0.717) is 29.2 Å². The maximum Gasteiger partial charge on any atom is 0.261 e. The zero-order valence-electron chi connectivity index (χ0n) is 26.9. The highest BCUT2D eigenvalue weighted by molar-refractivity contribution is 6.24. The van der Waals surface area contributed by atoms with E-state index in [0.717, 1.165) is 32.1 Å². The number of ketones is 1. The molecule has 6 atom stereocenters. The average molecular weight is 612 g/mol. The number of fused-ring (bicyclic) bond motifs is 2. The molecule has 3 N–H and O–H groups in total. The predicted octanol–water partition coefficient (Wildman–Crippen LogP) is 6.16. The molecule has 8 heteroatoms. The summed E-state index contributed by atoms with van der Waals surface area (Å²) in [4.78, 5) is 66.0. The molecule has 2 saturated carbocycles. The van der Waals surface area contributed by atoms with Crippen molar-refractivity contribution in [1.82, 2.24) is 10.2 Å². The van der Waals surface area contributed by atoms with Gasteiger partial charge in [-0.1, -0.05) is 46.2 Å². The van der Waals surface area contributed by atoms with E-state index in [1.807, 2.05) is 0 Å². The van der Waals surface area contributed by atoms with Crippen LogP contribution in [0.15, 0.2) is 36.4 Å². The standard InChI is InChI=1S/C37H45N3O5/c1-5-37(38,6-2)30-13-7-22(15-20(30)3)17-23-8-14-31(21(4)16-23)40-35(44)27-12-10-25(19-29(27)36(40)45)32(41)24-9-11-26-28(18-24)34(43)39-33(26)42/h9-12,18-23,30-31H,5-8,13-17,38H2,1-4H3,(H,39,42,43). The van der Waals surface area contributed by atoms with Gasteiger partial charge in [0.1, 0.15) is 0 Å². The van der Waals surface area contributed by atoms with E-state index in [-0.39, 0.29) is 62.9 Å². The number of nitrogens with zero attached hydrogens (tertiary/aromatic N) is 1. The molecule has 45 heavy (non-hydrogen) atoms. The van der Waals surface area contributed by atoms with Gasteiger partial charge in [-0.15, -0.1) is 0 Å². The fourth-order valence-corrected chi connectivity index (χ4v) is 9.09. The molecule has 2 aromatic rings. The van der Waals surface area contributed by atoms with Crippen LogP contribution in [-0.2, 0) is 0 Å². The van der Waals surface area contributed by atoms with Gasteiger partial charge in [-0.2, -0.15) is 0 Å². The van der Waals surface area contributed by atoms with Gasteiger partial charge < -0.3 is 5.73 Å². The summed E-state index contributed by atoms with van der Waals surface area (Å²) in [5, 5.41) is 2.23. The summed E-state index contributed by atoms with van der Waals surface area (Å²) in [5.74, 6) is 0.661. The van der Waals surface area contributed by atoms with Gasteiger partial charge >= 0.3 is 0 Å². The SMILES string of the molecule is CCC(N)(CC)C1CCC(CC2CCC(N3C(=O)c4ccc(C(=O)c5ccc6c(c5)C(=O)NC6=O)cc4C3=O)C(C)C2)CC1C. The number of hydrogen-bond acceptors (Lipinski definition) is 6. The first-order valence-electron chi connectivity index (χ1n) is 16.8. The van der Waals surface area contributed by atoms with Gasteiger partial charge in [-0.3, -0.25) is 34.2 Å². The molecule has 2 aliphatic carbocycles. The Labute approximate surface area is 265 Å². The maximum atomic E-state index is 13.7. The second kappa shape index (κ2) is 11.9. The Kier molecular flexibility index (Phi) is 8.31. The lowest BCUT2D eigenvalue weighted by molar-refractivity contribution is 0.0410. The van der Waals surface area contributed by atoms with Crippen LogP contribution in [-0.4, -0.2) is 45.9 Å². The van der Waals surface area contributed by atoms with Crippen LogP contribution < -0.4 is 11.1 Å². The van der Waals surface area contributed by atoms with Crippen molar-refractivity contribution in [2.75, 3.05) is 0 Å². The smallest absolute Gasteiger partial charge is 0.261 e. The Morgan fingerprint density at radius 1 is 0.778 bits per heavy atom. The number of amides is 4. The summed E-state index contributed by atoms with van der Waals surface area (Å²) in [6.07, 6.45) is 9.71. The van der Waals surface area contributed by atoms with Crippen molar-refractivity contribution in [3.63, 3.8) is 0 Å². The highest BCUT2D eigenvalue weighted by Gasteiger charge is 2.45. The molecule has 2 aromatic carbocycles. The molecule has 2 heterocycles. The van der Waals surface area contributed by atoms with E-state index in [1.54, 1.807) is 12.1 Å². The first-order valence-corrected chi connectivity index (χ1v) is 16.8. The number of hydrogen-bond donors (Lipinski definition) is 2. The molecule has 4 aliphatic rings. The van der Waals surface area contributed by atoms with E-state index in [2.05, 4.69) is 33.0 Å². The van der Waals surface area contributed by atoms with Crippen LogP contribution in [0.25, 0.3) is 0 Å². The maximum absolute atomic E-state index is 13.7. The van der Waals surface area contributed by atoms with Gasteiger partial charge in [-0.05, 0) is 105 Å². The molecule has 0 bridgehead atoms. The molecule has 0 saturated heterocycles. The molecule has 8 nitrogen and oxygen atoms in total. The highest BCUT2D eigenvalue weighted by atomic mass is 16.2. The number of nitrogens with two attached hydrogens (primary N) is 1. The summed E-state index contributed by atoms with van der Waals surface area (Å²) in [5.41, 5.74) is 8.21. The first-order chi connectivity index (χ1) is 21.4. The van der Waals surface area contributed by atoms with Gasteiger partial charge in [0.05, 0.1) is 22.3 Å². The molecular formula is C37H45N3O5. The van der Waals surface area contributed by atoms with Crippen molar-refractivity contribution in [2.24, 2.45) is 35.3 Å². The Morgan fingerprint density at radius 3 is 1.96 bits per heavy atom. The van der Waals surface area contributed by atoms with Crippen LogP contribution in [0.4, 0.5) is 0 Å². The van der Waals surface area contributed by atoms with Crippen LogP contribution in [0.2, 0.25) is 0 Å². The van der Waals surface area contributed by atoms with E-state index in [1.165, 1.54) is 54.8 Å². The molecular weight excluding hydrogens is 566 g/mol. The number of benzene rings is 2. The quantitative estimate of drug-likeness (QED) is 0.272. The summed E-state index contributed by atoms with van der Waals surface area (Å²) < 4.78 is 0. The molecule has 0 radical (unpaired) electrons. The number of rotatable bonds is 8.